The molecule has 7 nitrogen and oxygen atoms in total. The number of nitrogens with zero attached hydrogens (tertiary/aromatic N) is 3. The molecule has 0 aliphatic rings. The molecule has 4 rings (SSSR count). The Morgan fingerprint density at radius 3 is 2.59 bits per heavy atom. The number of hydrogen-bond acceptors (Lipinski definition) is 6. The maximum absolute atomic E-state index is 13.1. The van der Waals surface area contributed by atoms with Gasteiger partial charge in [-0.25, -0.2) is 0 Å². The summed E-state index contributed by atoms with van der Waals surface area (Å²) in [5, 5.41) is 8.46. The maximum atomic E-state index is 13.1. The molecule has 0 saturated carbocycles. The molecule has 0 saturated heterocycles. The number of rotatable bonds is 6. The Balaban J connectivity index is 1.57. The molecule has 0 aliphatic heterocycles. The summed E-state index contributed by atoms with van der Waals surface area (Å²) in [5.41, 5.74) is 2.21. The molecule has 0 radical (unpaired) electrons. The van der Waals surface area contributed by atoms with Crippen LogP contribution in [-0.4, -0.2) is 28.1 Å². The largest absolute Gasteiger partial charge is 0.489 e. The van der Waals surface area contributed by atoms with Gasteiger partial charge in [-0.3, -0.25) is 4.79 Å². The van der Waals surface area contributed by atoms with Gasteiger partial charge in [0, 0.05) is 19.4 Å². The highest BCUT2D eigenvalue weighted by atomic mass is 16.5. The lowest BCUT2D eigenvalue weighted by Gasteiger charge is -2.14. The van der Waals surface area contributed by atoms with E-state index in [2.05, 4.69) is 10.2 Å². The number of amides is 1. The van der Waals surface area contributed by atoms with Crippen molar-refractivity contribution in [3.05, 3.63) is 77.2 Å². The molecule has 29 heavy (non-hydrogen) atoms. The van der Waals surface area contributed by atoms with Crippen LogP contribution < -0.4 is 4.74 Å². The number of carbonyl (C=O) groups is 1. The molecular weight excluding hydrogens is 370 g/mol. The van der Waals surface area contributed by atoms with Crippen molar-refractivity contribution in [3.8, 4) is 5.75 Å². The third-order valence-corrected chi connectivity index (χ3v) is 4.58. The first-order valence-electron chi connectivity index (χ1n) is 9.25. The fraction of sp³-hybridized carbons (Fsp3) is 0.227. The van der Waals surface area contributed by atoms with Crippen molar-refractivity contribution in [1.29, 1.82) is 0 Å². The van der Waals surface area contributed by atoms with Crippen LogP contribution >= 0.6 is 0 Å². The summed E-state index contributed by atoms with van der Waals surface area (Å²) in [4.78, 5) is 14.6. The Kier molecular flexibility index (Phi) is 5.03. The number of aromatic nitrogens is 2. The number of aryl methyl sites for hydroxylation is 2. The van der Waals surface area contributed by atoms with Gasteiger partial charge in [0.25, 0.3) is 5.91 Å². The molecule has 0 bridgehead atoms. The van der Waals surface area contributed by atoms with Crippen molar-refractivity contribution >= 4 is 16.9 Å². The number of carbonyl (C=O) groups excluding carboxylic acids is 1. The molecule has 0 N–H and O–H groups in total. The average Bonchev–Trinajstić information content (AvgIpc) is 3.27. The predicted molar refractivity (Wildman–Crippen MR) is 107 cm³/mol. The summed E-state index contributed by atoms with van der Waals surface area (Å²) in [6.45, 7) is 4.16. The summed E-state index contributed by atoms with van der Waals surface area (Å²) < 4.78 is 17.1. The van der Waals surface area contributed by atoms with Crippen LogP contribution in [0.1, 0.15) is 33.5 Å². The molecule has 1 amide bonds. The van der Waals surface area contributed by atoms with Crippen molar-refractivity contribution in [2.75, 3.05) is 7.05 Å². The van der Waals surface area contributed by atoms with E-state index < -0.39 is 0 Å². The van der Waals surface area contributed by atoms with E-state index in [0.717, 1.165) is 5.56 Å². The van der Waals surface area contributed by atoms with Crippen molar-refractivity contribution in [3.63, 3.8) is 0 Å². The first kappa shape index (κ1) is 18.7. The lowest BCUT2D eigenvalue weighted by Crippen LogP contribution is -2.26. The normalized spacial score (nSPS) is 11.0. The van der Waals surface area contributed by atoms with Crippen molar-refractivity contribution in [1.82, 2.24) is 15.1 Å². The van der Waals surface area contributed by atoms with Gasteiger partial charge in [-0.05, 0) is 30.7 Å². The molecule has 148 valence electrons. The van der Waals surface area contributed by atoms with Crippen LogP contribution in [0.5, 0.6) is 5.75 Å². The molecule has 7 heteroatoms. The van der Waals surface area contributed by atoms with Gasteiger partial charge in [-0.1, -0.05) is 30.3 Å². The van der Waals surface area contributed by atoms with E-state index >= 15 is 0 Å². The molecule has 0 spiro atoms. The second-order valence-corrected chi connectivity index (χ2v) is 6.84. The first-order valence-corrected chi connectivity index (χ1v) is 9.25. The zero-order chi connectivity index (χ0) is 20.4. The van der Waals surface area contributed by atoms with E-state index in [-0.39, 0.29) is 12.5 Å². The average molecular weight is 391 g/mol. The fourth-order valence-corrected chi connectivity index (χ4v) is 3.16. The SMILES string of the molecule is Cc1nnc(CN(C)C(=O)c2c(C)oc3ccc(OCc4ccccc4)cc23)o1. The van der Waals surface area contributed by atoms with Crippen LogP contribution in [-0.2, 0) is 13.2 Å². The zero-order valence-corrected chi connectivity index (χ0v) is 16.5. The van der Waals surface area contributed by atoms with E-state index in [4.69, 9.17) is 13.6 Å². The molecule has 4 aromatic rings. The number of furan rings is 1. The standard InChI is InChI=1S/C22H21N3O4/c1-14-21(22(26)25(3)12-20-24-23-15(2)29-20)18-11-17(9-10-19(18)28-14)27-13-16-7-5-4-6-8-16/h4-11H,12-13H2,1-3H3. The maximum Gasteiger partial charge on any atom is 0.258 e. The molecule has 0 aliphatic carbocycles. The van der Waals surface area contributed by atoms with E-state index in [1.54, 1.807) is 20.9 Å². The van der Waals surface area contributed by atoms with Crippen molar-refractivity contribution in [2.45, 2.75) is 27.0 Å². The van der Waals surface area contributed by atoms with E-state index in [1.807, 2.05) is 48.5 Å². The zero-order valence-electron chi connectivity index (χ0n) is 16.5. The van der Waals surface area contributed by atoms with Crippen LogP contribution in [0.15, 0.2) is 57.4 Å². The Hall–Kier alpha value is -3.61. The summed E-state index contributed by atoms with van der Waals surface area (Å²) >= 11 is 0. The Labute approximate surface area is 167 Å². The molecule has 0 unspecified atom stereocenters. The minimum Gasteiger partial charge on any atom is -0.489 e. The van der Waals surface area contributed by atoms with Gasteiger partial charge >= 0.3 is 0 Å². The molecule has 2 heterocycles. The molecular formula is C22H21N3O4. The first-order chi connectivity index (χ1) is 14.0. The summed E-state index contributed by atoms with van der Waals surface area (Å²) in [6.07, 6.45) is 0. The van der Waals surface area contributed by atoms with Crippen molar-refractivity contribution < 1.29 is 18.4 Å². The van der Waals surface area contributed by atoms with Crippen LogP contribution in [0.25, 0.3) is 11.0 Å². The third kappa shape index (κ3) is 3.99. The monoisotopic (exact) mass is 391 g/mol. The van der Waals surface area contributed by atoms with E-state index in [0.29, 0.717) is 46.4 Å². The van der Waals surface area contributed by atoms with Crippen molar-refractivity contribution in [2.24, 2.45) is 0 Å². The minimum absolute atomic E-state index is 0.183. The van der Waals surface area contributed by atoms with Crippen LogP contribution in [0.4, 0.5) is 0 Å². The van der Waals surface area contributed by atoms with E-state index in [1.165, 1.54) is 4.90 Å². The molecule has 0 fully saturated rings. The second-order valence-electron chi connectivity index (χ2n) is 6.84. The van der Waals surface area contributed by atoms with Gasteiger partial charge in [0.05, 0.1) is 12.1 Å². The van der Waals surface area contributed by atoms with Gasteiger partial charge in [0.15, 0.2) is 0 Å². The smallest absolute Gasteiger partial charge is 0.258 e. The molecule has 2 aromatic carbocycles. The van der Waals surface area contributed by atoms with Crippen LogP contribution in [0.3, 0.4) is 0 Å². The highest BCUT2D eigenvalue weighted by molar-refractivity contribution is 6.07. The van der Waals surface area contributed by atoms with Gasteiger partial charge in [-0.15, -0.1) is 10.2 Å². The van der Waals surface area contributed by atoms with Gasteiger partial charge in [0.2, 0.25) is 11.8 Å². The number of hydrogen-bond donors (Lipinski definition) is 0. The fourth-order valence-electron chi connectivity index (χ4n) is 3.16. The van der Waals surface area contributed by atoms with Crippen LogP contribution in [0.2, 0.25) is 0 Å². The highest BCUT2D eigenvalue weighted by Crippen LogP contribution is 2.30. The number of ether oxygens (including phenoxy) is 1. The quantitative estimate of drug-likeness (QED) is 0.488. The Morgan fingerprint density at radius 2 is 1.86 bits per heavy atom. The predicted octanol–water partition coefficient (Wildman–Crippen LogP) is 4.28. The minimum atomic E-state index is -0.183. The number of benzene rings is 2. The molecule has 0 atom stereocenters. The summed E-state index contributed by atoms with van der Waals surface area (Å²) in [7, 11) is 1.69. The summed E-state index contributed by atoms with van der Waals surface area (Å²) in [6, 6.07) is 15.4. The second kappa shape index (κ2) is 7.79. The summed E-state index contributed by atoms with van der Waals surface area (Å²) in [5.74, 6) is 1.89. The Morgan fingerprint density at radius 1 is 1.07 bits per heavy atom. The Bertz CT molecular complexity index is 1150. The highest BCUT2D eigenvalue weighted by Gasteiger charge is 2.23. The van der Waals surface area contributed by atoms with E-state index in [9.17, 15) is 4.79 Å². The van der Waals surface area contributed by atoms with Gasteiger partial charge in [-0.2, -0.15) is 0 Å². The van der Waals surface area contributed by atoms with Gasteiger partial charge < -0.3 is 18.5 Å². The number of fused-ring (bicyclic) bond motifs is 1. The lowest BCUT2D eigenvalue weighted by molar-refractivity contribution is 0.0772. The van der Waals surface area contributed by atoms with Gasteiger partial charge in [0.1, 0.15) is 23.7 Å². The molecule has 2 aromatic heterocycles. The third-order valence-electron chi connectivity index (χ3n) is 4.58. The lowest BCUT2D eigenvalue weighted by atomic mass is 10.1. The van der Waals surface area contributed by atoms with Crippen LogP contribution in [0, 0.1) is 13.8 Å². The topological polar surface area (TPSA) is 81.6 Å².